The number of hydrogen-bond acceptors (Lipinski definition) is 2. The number of ether oxygens (including phenoxy) is 1. The monoisotopic (exact) mass is 313 g/mol. The summed E-state index contributed by atoms with van der Waals surface area (Å²) >= 11 is 0. The predicted octanol–water partition coefficient (Wildman–Crippen LogP) is 3.71. The first-order valence-electron chi connectivity index (χ1n) is 4.38. The summed E-state index contributed by atoms with van der Waals surface area (Å²) in [7, 11) is 0. The van der Waals surface area contributed by atoms with Gasteiger partial charge in [-0.05, 0) is 18.2 Å². The molecule has 0 aliphatic heterocycles. The summed E-state index contributed by atoms with van der Waals surface area (Å²) in [4.78, 5) is 0. The highest BCUT2D eigenvalue weighted by Crippen LogP contribution is 2.34. The highest BCUT2D eigenvalue weighted by Gasteiger charge is 2.40. The van der Waals surface area contributed by atoms with Crippen molar-refractivity contribution in [3.05, 3.63) is 29.6 Å². The smallest absolute Gasteiger partial charge is 0.406 e. The minimum atomic E-state index is -5.09. The van der Waals surface area contributed by atoms with Gasteiger partial charge in [0.2, 0.25) is 0 Å². The molecule has 0 saturated heterocycles. The maximum absolute atomic E-state index is 13.1. The van der Waals surface area contributed by atoms with Gasteiger partial charge >= 0.3 is 12.5 Å². The van der Waals surface area contributed by atoms with Crippen LogP contribution in [0.1, 0.15) is 11.6 Å². The van der Waals surface area contributed by atoms with Gasteiger partial charge in [0, 0.05) is 5.56 Å². The summed E-state index contributed by atoms with van der Waals surface area (Å²) in [5.74, 6) is -2.34. The van der Waals surface area contributed by atoms with Crippen LogP contribution in [0.25, 0.3) is 0 Å². The summed E-state index contributed by atoms with van der Waals surface area (Å²) in [6.07, 6.45) is -10.1. The predicted molar refractivity (Wildman–Crippen MR) is 53.3 cm³/mol. The maximum atomic E-state index is 13.1. The molecule has 0 aliphatic carbocycles. The molecule has 0 unspecified atom stereocenters. The van der Waals surface area contributed by atoms with Gasteiger partial charge in [-0.25, -0.2) is 4.39 Å². The van der Waals surface area contributed by atoms with E-state index in [1.54, 1.807) is 0 Å². The normalized spacial score (nSPS) is 13.7. The van der Waals surface area contributed by atoms with Gasteiger partial charge in [0.1, 0.15) is 17.6 Å². The van der Waals surface area contributed by atoms with Crippen molar-refractivity contribution in [3.8, 4) is 5.75 Å². The fourth-order valence-corrected chi connectivity index (χ4v) is 1.13. The van der Waals surface area contributed by atoms with Crippen LogP contribution in [0.3, 0.4) is 0 Å². The van der Waals surface area contributed by atoms with E-state index < -0.39 is 35.7 Å². The lowest BCUT2D eigenvalue weighted by molar-refractivity contribution is -0.274. The minimum Gasteiger partial charge on any atom is -0.406 e. The van der Waals surface area contributed by atoms with E-state index in [0.29, 0.717) is 12.1 Å². The van der Waals surface area contributed by atoms with Gasteiger partial charge in [0.15, 0.2) is 0 Å². The van der Waals surface area contributed by atoms with Crippen LogP contribution in [0, 0.1) is 5.82 Å². The first-order valence-corrected chi connectivity index (χ1v) is 4.38. The molecule has 1 rings (SSSR count). The number of rotatable bonds is 2. The Morgan fingerprint density at radius 3 is 2.00 bits per heavy atom. The number of halogens is 8. The molecule has 0 aromatic heterocycles. The zero-order valence-corrected chi connectivity index (χ0v) is 9.67. The second-order valence-corrected chi connectivity index (χ2v) is 3.25. The molecule has 0 saturated carbocycles. The molecule has 0 fully saturated rings. The fourth-order valence-electron chi connectivity index (χ4n) is 1.13. The highest BCUT2D eigenvalue weighted by atomic mass is 35.5. The van der Waals surface area contributed by atoms with Crippen LogP contribution in [-0.4, -0.2) is 12.5 Å². The average Bonchev–Trinajstić information content (AvgIpc) is 2.16. The van der Waals surface area contributed by atoms with Gasteiger partial charge in [-0.3, -0.25) is 0 Å². The topological polar surface area (TPSA) is 35.2 Å². The Morgan fingerprint density at radius 1 is 1.05 bits per heavy atom. The largest absolute Gasteiger partial charge is 0.573 e. The molecule has 0 spiro atoms. The van der Waals surface area contributed by atoms with E-state index in [0.717, 1.165) is 0 Å². The Morgan fingerprint density at radius 2 is 1.58 bits per heavy atom. The Labute approximate surface area is 108 Å². The Hall–Kier alpha value is -1.22. The second kappa shape index (κ2) is 5.83. The molecular weight excluding hydrogens is 307 g/mol. The molecule has 0 amide bonds. The molecule has 0 heterocycles. The van der Waals surface area contributed by atoms with Crippen molar-refractivity contribution in [2.45, 2.75) is 18.6 Å². The first kappa shape index (κ1) is 17.8. The van der Waals surface area contributed by atoms with Gasteiger partial charge in [-0.1, -0.05) is 0 Å². The molecule has 2 nitrogen and oxygen atoms in total. The van der Waals surface area contributed by atoms with E-state index in [9.17, 15) is 30.7 Å². The van der Waals surface area contributed by atoms with Gasteiger partial charge in [-0.15, -0.1) is 25.6 Å². The van der Waals surface area contributed by atoms with E-state index >= 15 is 0 Å². The number of alkyl halides is 6. The molecule has 1 aromatic rings. The average molecular weight is 314 g/mol. The van der Waals surface area contributed by atoms with Crippen LogP contribution in [0.15, 0.2) is 18.2 Å². The molecule has 1 atom stereocenters. The first-order chi connectivity index (χ1) is 8.00. The molecule has 2 N–H and O–H groups in total. The van der Waals surface area contributed by atoms with Crippen LogP contribution in [-0.2, 0) is 0 Å². The number of hydrogen-bond donors (Lipinski definition) is 1. The molecule has 10 heteroatoms. The van der Waals surface area contributed by atoms with Gasteiger partial charge in [-0.2, -0.15) is 13.2 Å². The summed E-state index contributed by atoms with van der Waals surface area (Å²) in [6.45, 7) is 0. The lowest BCUT2D eigenvalue weighted by Gasteiger charge is -2.17. The van der Waals surface area contributed by atoms with Crippen molar-refractivity contribution < 1.29 is 35.5 Å². The maximum Gasteiger partial charge on any atom is 0.573 e. The molecule has 0 bridgehead atoms. The van der Waals surface area contributed by atoms with Crippen LogP contribution < -0.4 is 10.5 Å². The molecule has 0 aliphatic rings. The molecule has 19 heavy (non-hydrogen) atoms. The molecule has 110 valence electrons. The van der Waals surface area contributed by atoms with Crippen molar-refractivity contribution in [2.24, 2.45) is 5.73 Å². The van der Waals surface area contributed by atoms with Crippen LogP contribution >= 0.6 is 12.4 Å². The quantitative estimate of drug-likeness (QED) is 0.845. The van der Waals surface area contributed by atoms with Gasteiger partial charge in [0.25, 0.3) is 0 Å². The third-order valence-electron chi connectivity index (χ3n) is 1.89. The zero-order valence-electron chi connectivity index (χ0n) is 8.85. The summed E-state index contributed by atoms with van der Waals surface area (Å²) in [5.41, 5.74) is 3.58. The van der Waals surface area contributed by atoms with Crippen LogP contribution in [0.4, 0.5) is 30.7 Å². The molecule has 0 radical (unpaired) electrons. The van der Waals surface area contributed by atoms with E-state index in [4.69, 9.17) is 5.73 Å². The fraction of sp³-hybridized carbons (Fsp3) is 0.333. The standard InChI is InChI=1S/C9H6F7NO.ClH/c10-6-2-1-4(18-9(14,15)16)3-5(6)7(17)8(11,12)13;/h1-3,7H,17H2;1H/t7-;/m0./s1. The highest BCUT2D eigenvalue weighted by molar-refractivity contribution is 5.85. The third-order valence-corrected chi connectivity index (χ3v) is 1.89. The van der Waals surface area contributed by atoms with Crippen molar-refractivity contribution in [1.82, 2.24) is 0 Å². The van der Waals surface area contributed by atoms with E-state index in [-0.39, 0.29) is 18.5 Å². The summed E-state index contributed by atoms with van der Waals surface area (Å²) in [6, 6.07) is -1.49. The third kappa shape index (κ3) is 5.11. The van der Waals surface area contributed by atoms with E-state index in [1.807, 2.05) is 0 Å². The Bertz CT molecular complexity index is 432. The van der Waals surface area contributed by atoms with E-state index in [1.165, 1.54) is 0 Å². The van der Waals surface area contributed by atoms with Gasteiger partial charge in [0.05, 0.1) is 0 Å². The SMILES string of the molecule is Cl.N[C@@H](c1cc(OC(F)(F)F)ccc1F)C(F)(F)F. The van der Waals surface area contributed by atoms with Crippen LogP contribution in [0.5, 0.6) is 5.75 Å². The molecule has 1 aromatic carbocycles. The van der Waals surface area contributed by atoms with Crippen molar-refractivity contribution in [2.75, 3.05) is 0 Å². The lowest BCUT2D eigenvalue weighted by Crippen LogP contribution is -2.29. The lowest BCUT2D eigenvalue weighted by atomic mass is 10.1. The van der Waals surface area contributed by atoms with Crippen LogP contribution in [0.2, 0.25) is 0 Å². The minimum absolute atomic E-state index is 0. The summed E-state index contributed by atoms with van der Waals surface area (Å²) < 4.78 is 88.6. The van der Waals surface area contributed by atoms with Gasteiger partial charge < -0.3 is 10.5 Å². The summed E-state index contributed by atoms with van der Waals surface area (Å²) in [5, 5.41) is 0. The second-order valence-electron chi connectivity index (χ2n) is 3.25. The van der Waals surface area contributed by atoms with Crippen molar-refractivity contribution in [3.63, 3.8) is 0 Å². The number of benzene rings is 1. The Balaban J connectivity index is 0.00000324. The van der Waals surface area contributed by atoms with Crippen molar-refractivity contribution in [1.29, 1.82) is 0 Å². The van der Waals surface area contributed by atoms with E-state index in [2.05, 4.69) is 4.74 Å². The van der Waals surface area contributed by atoms with Crippen molar-refractivity contribution >= 4 is 12.4 Å². The molecular formula is C9H7ClF7NO. The zero-order chi connectivity index (χ0) is 14.1. The number of nitrogens with two attached hydrogens (primary N) is 1. The Kier molecular flexibility index (Phi) is 5.45.